The van der Waals surface area contributed by atoms with Crippen molar-refractivity contribution in [3.8, 4) is 0 Å². The number of likely N-dealkylation sites (N-methyl/N-ethyl adjacent to an activating group) is 1. The fraction of sp³-hybridized carbons (Fsp3) is 0.417. The molecule has 0 aromatic heterocycles. The maximum absolute atomic E-state index is 11.6. The van der Waals surface area contributed by atoms with Gasteiger partial charge in [0.1, 0.15) is 0 Å². The van der Waals surface area contributed by atoms with Crippen molar-refractivity contribution in [1.82, 2.24) is 0 Å². The molecule has 0 radical (unpaired) electrons. The van der Waals surface area contributed by atoms with E-state index in [1.807, 2.05) is 32.0 Å². The van der Waals surface area contributed by atoms with E-state index in [-0.39, 0.29) is 18.3 Å². The Kier molecular flexibility index (Phi) is 5.48. The van der Waals surface area contributed by atoms with Gasteiger partial charge in [-0.15, -0.1) is 12.4 Å². The van der Waals surface area contributed by atoms with Crippen molar-refractivity contribution in [2.24, 2.45) is 5.73 Å². The molecule has 0 fully saturated rings. The van der Waals surface area contributed by atoms with E-state index in [4.69, 9.17) is 5.73 Å². The summed E-state index contributed by atoms with van der Waals surface area (Å²) in [5.41, 5.74) is 8.84. The van der Waals surface area contributed by atoms with Crippen molar-refractivity contribution in [2.45, 2.75) is 26.8 Å². The van der Waals surface area contributed by atoms with Gasteiger partial charge < -0.3 is 10.6 Å². The molecule has 0 aliphatic heterocycles. The van der Waals surface area contributed by atoms with Crippen LogP contribution in [0, 0.1) is 13.8 Å². The van der Waals surface area contributed by atoms with Gasteiger partial charge in [-0.2, -0.15) is 0 Å². The first kappa shape index (κ1) is 14.9. The zero-order chi connectivity index (χ0) is 11.6. The standard InChI is InChI=1S/C12H18N2O.ClH/c1-8-5-6-11(7-9(8)2)14(4)12(15)10(3)13;/h5-7,10H,13H2,1-4H3;1H/t10-;/m1./s1. The molecule has 2 N–H and O–H groups in total. The fourth-order valence-electron chi connectivity index (χ4n) is 1.37. The van der Waals surface area contributed by atoms with Gasteiger partial charge in [0.25, 0.3) is 0 Å². The first-order valence-corrected chi connectivity index (χ1v) is 5.04. The molecule has 0 aliphatic rings. The van der Waals surface area contributed by atoms with Gasteiger partial charge in [0, 0.05) is 12.7 Å². The number of hydrogen-bond acceptors (Lipinski definition) is 2. The number of nitrogens with zero attached hydrogens (tertiary/aromatic N) is 1. The van der Waals surface area contributed by atoms with Gasteiger partial charge in [-0.25, -0.2) is 0 Å². The van der Waals surface area contributed by atoms with E-state index in [1.54, 1.807) is 18.9 Å². The molecule has 0 bridgehead atoms. The summed E-state index contributed by atoms with van der Waals surface area (Å²) >= 11 is 0. The minimum atomic E-state index is -0.461. The molecule has 1 aromatic rings. The molecular weight excluding hydrogens is 224 g/mol. The van der Waals surface area contributed by atoms with Crippen LogP contribution in [0.4, 0.5) is 5.69 Å². The third-order valence-corrected chi connectivity index (χ3v) is 2.60. The Bertz CT molecular complexity index is 377. The molecule has 0 saturated heterocycles. The van der Waals surface area contributed by atoms with Crippen LogP contribution < -0.4 is 10.6 Å². The summed E-state index contributed by atoms with van der Waals surface area (Å²) in [4.78, 5) is 13.2. The summed E-state index contributed by atoms with van der Waals surface area (Å²) in [5, 5.41) is 0. The highest BCUT2D eigenvalue weighted by atomic mass is 35.5. The SMILES string of the molecule is Cc1ccc(N(C)C(=O)[C@@H](C)N)cc1C.Cl. The van der Waals surface area contributed by atoms with E-state index >= 15 is 0 Å². The van der Waals surface area contributed by atoms with E-state index < -0.39 is 6.04 Å². The summed E-state index contributed by atoms with van der Waals surface area (Å²) in [6.45, 7) is 5.77. The molecule has 4 heteroatoms. The number of rotatable bonds is 2. The van der Waals surface area contributed by atoms with Gasteiger partial charge in [-0.05, 0) is 44.0 Å². The molecule has 0 saturated carbocycles. The second kappa shape index (κ2) is 5.87. The van der Waals surface area contributed by atoms with E-state index in [9.17, 15) is 4.79 Å². The van der Waals surface area contributed by atoms with Crippen LogP contribution in [0.2, 0.25) is 0 Å². The highest BCUT2D eigenvalue weighted by Crippen LogP contribution is 2.17. The molecular formula is C12H19ClN2O. The Morgan fingerprint density at radius 1 is 1.31 bits per heavy atom. The molecule has 1 aromatic carbocycles. The second-order valence-electron chi connectivity index (χ2n) is 3.95. The topological polar surface area (TPSA) is 46.3 Å². The molecule has 0 unspecified atom stereocenters. The lowest BCUT2D eigenvalue weighted by Gasteiger charge is -2.20. The fourth-order valence-corrected chi connectivity index (χ4v) is 1.37. The van der Waals surface area contributed by atoms with Crippen molar-refractivity contribution in [3.63, 3.8) is 0 Å². The van der Waals surface area contributed by atoms with Crippen LogP contribution in [0.1, 0.15) is 18.1 Å². The Morgan fingerprint density at radius 2 is 1.88 bits per heavy atom. The number of amides is 1. The van der Waals surface area contributed by atoms with Crippen LogP contribution in [0.15, 0.2) is 18.2 Å². The molecule has 16 heavy (non-hydrogen) atoms. The largest absolute Gasteiger partial charge is 0.320 e. The molecule has 0 spiro atoms. The quantitative estimate of drug-likeness (QED) is 0.863. The predicted molar refractivity (Wildman–Crippen MR) is 70.2 cm³/mol. The Morgan fingerprint density at radius 3 is 2.31 bits per heavy atom. The smallest absolute Gasteiger partial charge is 0.243 e. The summed E-state index contributed by atoms with van der Waals surface area (Å²) in [6, 6.07) is 5.48. The van der Waals surface area contributed by atoms with Crippen molar-refractivity contribution >= 4 is 24.0 Å². The zero-order valence-corrected chi connectivity index (χ0v) is 11.0. The van der Waals surface area contributed by atoms with Crippen LogP contribution in [0.5, 0.6) is 0 Å². The molecule has 1 atom stereocenters. The first-order valence-electron chi connectivity index (χ1n) is 5.04. The third-order valence-electron chi connectivity index (χ3n) is 2.60. The normalized spacial score (nSPS) is 11.6. The molecule has 90 valence electrons. The Labute approximate surface area is 103 Å². The average molecular weight is 243 g/mol. The summed E-state index contributed by atoms with van der Waals surface area (Å²) < 4.78 is 0. The number of carbonyl (C=O) groups excluding carboxylic acids is 1. The molecule has 1 amide bonds. The van der Waals surface area contributed by atoms with Crippen molar-refractivity contribution < 1.29 is 4.79 Å². The van der Waals surface area contributed by atoms with Crippen LogP contribution >= 0.6 is 12.4 Å². The lowest BCUT2D eigenvalue weighted by atomic mass is 10.1. The van der Waals surface area contributed by atoms with Crippen LogP contribution in [0.25, 0.3) is 0 Å². The summed E-state index contributed by atoms with van der Waals surface area (Å²) in [6.07, 6.45) is 0. The molecule has 0 aliphatic carbocycles. The highest BCUT2D eigenvalue weighted by Gasteiger charge is 2.14. The number of benzene rings is 1. The Hall–Kier alpha value is -1.06. The second-order valence-corrected chi connectivity index (χ2v) is 3.95. The van der Waals surface area contributed by atoms with Crippen LogP contribution in [-0.4, -0.2) is 19.0 Å². The first-order chi connectivity index (χ1) is 6.93. The zero-order valence-electron chi connectivity index (χ0n) is 10.2. The number of carbonyl (C=O) groups is 1. The van der Waals surface area contributed by atoms with E-state index in [2.05, 4.69) is 0 Å². The van der Waals surface area contributed by atoms with E-state index in [1.165, 1.54) is 11.1 Å². The maximum atomic E-state index is 11.6. The van der Waals surface area contributed by atoms with E-state index in [0.717, 1.165) is 5.69 Å². The molecule has 0 heterocycles. The van der Waals surface area contributed by atoms with Gasteiger partial charge in [0.2, 0.25) is 5.91 Å². The van der Waals surface area contributed by atoms with Gasteiger partial charge in [0.15, 0.2) is 0 Å². The number of aryl methyl sites for hydroxylation is 2. The van der Waals surface area contributed by atoms with Crippen molar-refractivity contribution in [1.29, 1.82) is 0 Å². The minimum Gasteiger partial charge on any atom is -0.320 e. The highest BCUT2D eigenvalue weighted by molar-refractivity contribution is 5.96. The number of hydrogen-bond donors (Lipinski definition) is 1. The third kappa shape index (κ3) is 3.22. The number of halogens is 1. The molecule has 1 rings (SSSR count). The maximum Gasteiger partial charge on any atom is 0.243 e. The Balaban J connectivity index is 0.00000225. The van der Waals surface area contributed by atoms with Crippen molar-refractivity contribution in [2.75, 3.05) is 11.9 Å². The predicted octanol–water partition coefficient (Wildman–Crippen LogP) is 2.04. The average Bonchev–Trinajstić information content (AvgIpc) is 2.19. The van der Waals surface area contributed by atoms with Gasteiger partial charge in [-0.3, -0.25) is 4.79 Å². The monoisotopic (exact) mass is 242 g/mol. The van der Waals surface area contributed by atoms with Gasteiger partial charge in [0.05, 0.1) is 6.04 Å². The minimum absolute atomic E-state index is 0. The number of nitrogens with two attached hydrogens (primary N) is 1. The molecule has 3 nitrogen and oxygen atoms in total. The lowest BCUT2D eigenvalue weighted by Crippen LogP contribution is -2.39. The van der Waals surface area contributed by atoms with Crippen LogP contribution in [-0.2, 0) is 4.79 Å². The lowest BCUT2D eigenvalue weighted by molar-refractivity contribution is -0.119. The number of anilines is 1. The van der Waals surface area contributed by atoms with Gasteiger partial charge >= 0.3 is 0 Å². The van der Waals surface area contributed by atoms with Gasteiger partial charge in [-0.1, -0.05) is 6.07 Å². The van der Waals surface area contributed by atoms with E-state index in [0.29, 0.717) is 0 Å². The summed E-state index contributed by atoms with van der Waals surface area (Å²) in [5.74, 6) is -0.0711. The van der Waals surface area contributed by atoms with Crippen molar-refractivity contribution in [3.05, 3.63) is 29.3 Å². The van der Waals surface area contributed by atoms with Crippen LogP contribution in [0.3, 0.4) is 0 Å². The summed E-state index contributed by atoms with van der Waals surface area (Å²) in [7, 11) is 1.75.